The van der Waals surface area contributed by atoms with E-state index in [9.17, 15) is 18.0 Å². The Labute approximate surface area is 96.3 Å². The minimum Gasteiger partial charge on any atom is -0.460 e. The Balaban J connectivity index is 2.36. The van der Waals surface area contributed by atoms with E-state index in [1.54, 1.807) is 0 Å². The Morgan fingerprint density at radius 3 is 2.76 bits per heavy atom. The second-order valence-electron chi connectivity index (χ2n) is 3.79. The van der Waals surface area contributed by atoms with Gasteiger partial charge in [0.2, 0.25) is 5.79 Å². The average Bonchev–Trinajstić information content (AvgIpc) is 2.56. The van der Waals surface area contributed by atoms with E-state index >= 15 is 0 Å². The van der Waals surface area contributed by atoms with Crippen LogP contribution in [0, 0.1) is 0 Å². The molecular weight excluding hydrogens is 241 g/mol. The topological polar surface area (TPSA) is 44.8 Å². The van der Waals surface area contributed by atoms with Crippen molar-refractivity contribution in [2.75, 3.05) is 13.2 Å². The average molecular weight is 254 g/mol. The van der Waals surface area contributed by atoms with Crippen LogP contribution in [-0.2, 0) is 19.0 Å². The van der Waals surface area contributed by atoms with Crippen molar-refractivity contribution in [3.8, 4) is 0 Å². The molecule has 0 aromatic rings. The first-order valence-corrected chi connectivity index (χ1v) is 4.91. The van der Waals surface area contributed by atoms with Crippen molar-refractivity contribution in [1.82, 2.24) is 0 Å². The lowest BCUT2D eigenvalue weighted by molar-refractivity contribution is -0.202. The zero-order valence-electron chi connectivity index (χ0n) is 9.25. The zero-order chi connectivity index (χ0) is 13.1. The van der Waals surface area contributed by atoms with Gasteiger partial charge in [-0.05, 0) is 6.92 Å². The van der Waals surface area contributed by atoms with Crippen LogP contribution in [-0.4, -0.2) is 37.3 Å². The highest BCUT2D eigenvalue weighted by molar-refractivity contribution is 5.70. The van der Waals surface area contributed by atoms with Crippen LogP contribution >= 0.6 is 0 Å². The van der Waals surface area contributed by atoms with Gasteiger partial charge in [0.1, 0.15) is 19.1 Å². The highest BCUT2D eigenvalue weighted by atomic mass is 19.4. The Bertz CT molecular complexity index is 302. The molecule has 1 aliphatic heterocycles. The summed E-state index contributed by atoms with van der Waals surface area (Å²) in [5.41, 5.74) is 0. The lowest BCUT2D eigenvalue weighted by Crippen LogP contribution is -2.34. The Morgan fingerprint density at radius 2 is 2.29 bits per heavy atom. The molecule has 0 aliphatic carbocycles. The van der Waals surface area contributed by atoms with Gasteiger partial charge in [-0.25, -0.2) is 0 Å². The molecule has 2 unspecified atom stereocenters. The SMILES string of the molecule is C=CC1COC(C)(COC(=O)CC(F)(F)F)O1. The molecule has 0 N–H and O–H groups in total. The largest absolute Gasteiger partial charge is 0.460 e. The summed E-state index contributed by atoms with van der Waals surface area (Å²) in [6.45, 7) is 4.82. The van der Waals surface area contributed by atoms with Gasteiger partial charge < -0.3 is 14.2 Å². The van der Waals surface area contributed by atoms with Crippen molar-refractivity contribution < 1.29 is 32.2 Å². The van der Waals surface area contributed by atoms with Crippen molar-refractivity contribution in [2.45, 2.75) is 31.4 Å². The number of carbonyl (C=O) groups excluding carboxylic acids is 1. The third-order valence-corrected chi connectivity index (χ3v) is 2.06. The summed E-state index contributed by atoms with van der Waals surface area (Å²) in [6.07, 6.45) is -5.03. The van der Waals surface area contributed by atoms with Crippen LogP contribution in [0.25, 0.3) is 0 Å². The van der Waals surface area contributed by atoms with Gasteiger partial charge in [0.05, 0.1) is 6.61 Å². The van der Waals surface area contributed by atoms with Gasteiger partial charge in [-0.3, -0.25) is 4.79 Å². The second-order valence-corrected chi connectivity index (χ2v) is 3.79. The molecule has 1 fully saturated rings. The van der Waals surface area contributed by atoms with Crippen molar-refractivity contribution in [1.29, 1.82) is 0 Å². The van der Waals surface area contributed by atoms with Crippen molar-refractivity contribution in [3.63, 3.8) is 0 Å². The van der Waals surface area contributed by atoms with E-state index in [1.807, 2.05) is 0 Å². The van der Waals surface area contributed by atoms with Gasteiger partial charge in [0.25, 0.3) is 0 Å². The maximum Gasteiger partial charge on any atom is 0.399 e. The van der Waals surface area contributed by atoms with E-state index in [1.165, 1.54) is 13.0 Å². The Hall–Kier alpha value is -1.08. The number of halogens is 3. The molecule has 4 nitrogen and oxygen atoms in total. The maximum atomic E-state index is 11.8. The van der Waals surface area contributed by atoms with Gasteiger partial charge in [-0.2, -0.15) is 13.2 Å². The molecule has 0 bridgehead atoms. The number of ether oxygens (including phenoxy) is 3. The van der Waals surface area contributed by atoms with E-state index in [0.29, 0.717) is 0 Å². The number of rotatable bonds is 4. The molecule has 0 spiro atoms. The standard InChI is InChI=1S/C10H13F3O4/c1-3-7-5-16-9(2,17-7)6-15-8(14)4-10(11,12)13/h3,7H,1,4-6H2,2H3. The first-order chi connectivity index (χ1) is 7.74. The Kier molecular flexibility index (Phi) is 4.16. The monoisotopic (exact) mass is 254 g/mol. The molecule has 17 heavy (non-hydrogen) atoms. The second kappa shape index (κ2) is 5.05. The predicted molar refractivity (Wildman–Crippen MR) is 51.1 cm³/mol. The molecule has 2 atom stereocenters. The summed E-state index contributed by atoms with van der Waals surface area (Å²) in [5, 5.41) is 0. The van der Waals surface area contributed by atoms with E-state index in [4.69, 9.17) is 9.47 Å². The molecule has 0 aromatic heterocycles. The molecule has 1 heterocycles. The van der Waals surface area contributed by atoms with Gasteiger partial charge >= 0.3 is 12.1 Å². The lowest BCUT2D eigenvalue weighted by atomic mass is 10.3. The fourth-order valence-electron chi connectivity index (χ4n) is 1.26. The molecule has 98 valence electrons. The number of hydrogen-bond donors (Lipinski definition) is 0. The summed E-state index contributed by atoms with van der Waals surface area (Å²) < 4.78 is 50.4. The molecule has 0 saturated carbocycles. The number of carbonyl (C=O) groups is 1. The summed E-state index contributed by atoms with van der Waals surface area (Å²) in [4.78, 5) is 10.8. The lowest BCUT2D eigenvalue weighted by Gasteiger charge is -2.22. The van der Waals surface area contributed by atoms with Gasteiger partial charge in [-0.15, -0.1) is 6.58 Å². The van der Waals surface area contributed by atoms with Gasteiger partial charge in [0, 0.05) is 0 Å². The highest BCUT2D eigenvalue weighted by Gasteiger charge is 2.39. The molecule has 0 radical (unpaired) electrons. The fraction of sp³-hybridized carbons (Fsp3) is 0.700. The molecular formula is C10H13F3O4. The molecule has 0 amide bonds. The first kappa shape index (κ1) is 14.0. The molecule has 7 heteroatoms. The number of hydrogen-bond acceptors (Lipinski definition) is 4. The molecule has 0 aromatic carbocycles. The summed E-state index contributed by atoms with van der Waals surface area (Å²) in [7, 11) is 0. The maximum absolute atomic E-state index is 11.8. The summed E-state index contributed by atoms with van der Waals surface area (Å²) in [6, 6.07) is 0. The Morgan fingerprint density at radius 1 is 1.65 bits per heavy atom. The van der Waals surface area contributed by atoms with Crippen LogP contribution < -0.4 is 0 Å². The smallest absolute Gasteiger partial charge is 0.399 e. The van der Waals surface area contributed by atoms with Crippen LogP contribution in [0.4, 0.5) is 13.2 Å². The van der Waals surface area contributed by atoms with Crippen LogP contribution in [0.2, 0.25) is 0 Å². The van der Waals surface area contributed by atoms with Crippen molar-refractivity contribution >= 4 is 5.97 Å². The van der Waals surface area contributed by atoms with Crippen molar-refractivity contribution in [3.05, 3.63) is 12.7 Å². The third-order valence-electron chi connectivity index (χ3n) is 2.06. The summed E-state index contributed by atoms with van der Waals surface area (Å²) in [5.74, 6) is -2.56. The minimum atomic E-state index is -4.57. The number of alkyl halides is 3. The molecule has 1 aliphatic rings. The minimum absolute atomic E-state index is 0.233. The van der Waals surface area contributed by atoms with Crippen LogP contribution in [0.1, 0.15) is 13.3 Å². The first-order valence-electron chi connectivity index (χ1n) is 4.91. The van der Waals surface area contributed by atoms with Crippen LogP contribution in [0.3, 0.4) is 0 Å². The van der Waals surface area contributed by atoms with E-state index in [-0.39, 0.29) is 19.3 Å². The van der Waals surface area contributed by atoms with E-state index in [2.05, 4.69) is 11.3 Å². The van der Waals surface area contributed by atoms with E-state index in [0.717, 1.165) is 0 Å². The quantitative estimate of drug-likeness (QED) is 0.567. The third kappa shape index (κ3) is 4.74. The molecule has 1 rings (SSSR count). The zero-order valence-corrected chi connectivity index (χ0v) is 9.25. The molecule has 1 saturated heterocycles. The van der Waals surface area contributed by atoms with E-state index < -0.39 is 24.4 Å². The summed E-state index contributed by atoms with van der Waals surface area (Å²) >= 11 is 0. The van der Waals surface area contributed by atoms with Crippen LogP contribution in [0.5, 0.6) is 0 Å². The number of esters is 1. The fourth-order valence-corrected chi connectivity index (χ4v) is 1.26. The predicted octanol–water partition coefficient (Wildman–Crippen LogP) is 1.80. The normalized spacial score (nSPS) is 29.1. The van der Waals surface area contributed by atoms with Crippen molar-refractivity contribution in [2.24, 2.45) is 0 Å². The van der Waals surface area contributed by atoms with Gasteiger partial charge in [-0.1, -0.05) is 6.08 Å². The highest BCUT2D eigenvalue weighted by Crippen LogP contribution is 2.25. The van der Waals surface area contributed by atoms with Crippen LogP contribution in [0.15, 0.2) is 12.7 Å². The van der Waals surface area contributed by atoms with Gasteiger partial charge in [0.15, 0.2) is 0 Å².